The standard InChI is InChI=1S/C17H23N3/c1-13-6-8-20(12-16(13)10-18)11-14-4-5-17-15(9-14)3-2-7-19-17/h2-5,7,9,13,16H,6,8,10-12,18H2,1H3. The van der Waals surface area contributed by atoms with Crippen molar-refractivity contribution >= 4 is 10.9 Å². The minimum atomic E-state index is 0.644. The van der Waals surface area contributed by atoms with Gasteiger partial charge < -0.3 is 5.73 Å². The van der Waals surface area contributed by atoms with Crippen LogP contribution in [0.4, 0.5) is 0 Å². The van der Waals surface area contributed by atoms with Crippen LogP contribution in [-0.4, -0.2) is 29.5 Å². The summed E-state index contributed by atoms with van der Waals surface area (Å²) in [6.07, 6.45) is 3.11. The van der Waals surface area contributed by atoms with Gasteiger partial charge in [-0.25, -0.2) is 0 Å². The molecule has 2 N–H and O–H groups in total. The highest BCUT2D eigenvalue weighted by molar-refractivity contribution is 5.78. The van der Waals surface area contributed by atoms with Crippen molar-refractivity contribution in [3.8, 4) is 0 Å². The third-order valence-corrected chi connectivity index (χ3v) is 4.57. The van der Waals surface area contributed by atoms with Crippen molar-refractivity contribution in [2.75, 3.05) is 19.6 Å². The zero-order valence-electron chi connectivity index (χ0n) is 12.1. The Morgan fingerprint density at radius 2 is 2.25 bits per heavy atom. The first-order valence-corrected chi connectivity index (χ1v) is 7.52. The average Bonchev–Trinajstić information content (AvgIpc) is 2.49. The molecule has 3 rings (SSSR count). The van der Waals surface area contributed by atoms with Gasteiger partial charge in [0.25, 0.3) is 0 Å². The van der Waals surface area contributed by atoms with Crippen molar-refractivity contribution in [3.63, 3.8) is 0 Å². The number of pyridine rings is 1. The first kappa shape index (κ1) is 13.5. The molecule has 1 fully saturated rings. The molecule has 1 aromatic heterocycles. The summed E-state index contributed by atoms with van der Waals surface area (Å²) in [6.45, 7) is 6.47. The Labute approximate surface area is 120 Å². The number of nitrogens with zero attached hydrogens (tertiary/aromatic N) is 2. The van der Waals surface area contributed by atoms with Crippen LogP contribution in [-0.2, 0) is 6.54 Å². The zero-order chi connectivity index (χ0) is 13.9. The van der Waals surface area contributed by atoms with Crippen LogP contribution in [0.3, 0.4) is 0 Å². The number of piperidine rings is 1. The lowest BCUT2D eigenvalue weighted by atomic mass is 9.87. The maximum absolute atomic E-state index is 5.89. The van der Waals surface area contributed by atoms with E-state index in [1.54, 1.807) is 0 Å². The fourth-order valence-electron chi connectivity index (χ4n) is 3.16. The third kappa shape index (κ3) is 2.84. The third-order valence-electron chi connectivity index (χ3n) is 4.57. The summed E-state index contributed by atoms with van der Waals surface area (Å²) in [4.78, 5) is 6.91. The lowest BCUT2D eigenvalue weighted by Crippen LogP contribution is -2.42. The molecule has 2 aromatic rings. The molecule has 2 atom stereocenters. The Bertz CT molecular complexity index is 581. The summed E-state index contributed by atoms with van der Waals surface area (Å²) in [7, 11) is 0. The van der Waals surface area contributed by atoms with Gasteiger partial charge in [0.15, 0.2) is 0 Å². The number of likely N-dealkylation sites (tertiary alicyclic amines) is 1. The monoisotopic (exact) mass is 269 g/mol. The minimum absolute atomic E-state index is 0.644. The van der Waals surface area contributed by atoms with Crippen molar-refractivity contribution < 1.29 is 0 Å². The van der Waals surface area contributed by atoms with Crippen LogP contribution in [0.5, 0.6) is 0 Å². The molecular weight excluding hydrogens is 246 g/mol. The highest BCUT2D eigenvalue weighted by Crippen LogP contribution is 2.24. The summed E-state index contributed by atoms with van der Waals surface area (Å²) in [5.41, 5.74) is 8.33. The summed E-state index contributed by atoms with van der Waals surface area (Å²) in [5, 5.41) is 1.23. The molecular formula is C17H23N3. The minimum Gasteiger partial charge on any atom is -0.330 e. The molecule has 3 nitrogen and oxygen atoms in total. The molecule has 20 heavy (non-hydrogen) atoms. The van der Waals surface area contributed by atoms with Gasteiger partial charge in [-0.1, -0.05) is 19.1 Å². The maximum Gasteiger partial charge on any atom is 0.0702 e. The van der Waals surface area contributed by atoms with E-state index in [4.69, 9.17) is 5.73 Å². The summed E-state index contributed by atoms with van der Waals surface area (Å²) >= 11 is 0. The number of nitrogens with two attached hydrogens (primary N) is 1. The van der Waals surface area contributed by atoms with Crippen molar-refractivity contribution in [1.82, 2.24) is 9.88 Å². The lowest BCUT2D eigenvalue weighted by molar-refractivity contribution is 0.126. The Balaban J connectivity index is 1.73. The molecule has 106 valence electrons. The van der Waals surface area contributed by atoms with Crippen LogP contribution in [0, 0.1) is 11.8 Å². The number of rotatable bonds is 3. The van der Waals surface area contributed by atoms with E-state index in [9.17, 15) is 0 Å². The lowest BCUT2D eigenvalue weighted by Gasteiger charge is -2.36. The Morgan fingerprint density at radius 3 is 3.10 bits per heavy atom. The molecule has 1 saturated heterocycles. The first-order chi connectivity index (χ1) is 9.76. The van der Waals surface area contributed by atoms with Gasteiger partial charge in [-0.2, -0.15) is 0 Å². The largest absolute Gasteiger partial charge is 0.330 e. The van der Waals surface area contributed by atoms with E-state index < -0.39 is 0 Å². The number of benzene rings is 1. The smallest absolute Gasteiger partial charge is 0.0702 e. The van der Waals surface area contributed by atoms with Crippen LogP contribution >= 0.6 is 0 Å². The van der Waals surface area contributed by atoms with Crippen LogP contribution in [0.15, 0.2) is 36.5 Å². The quantitative estimate of drug-likeness (QED) is 0.931. The fraction of sp³-hybridized carbons (Fsp3) is 0.471. The molecule has 2 unspecified atom stereocenters. The predicted molar refractivity (Wildman–Crippen MR) is 83.3 cm³/mol. The van der Waals surface area contributed by atoms with Gasteiger partial charge in [-0.05, 0) is 55.1 Å². The summed E-state index contributed by atoms with van der Waals surface area (Å²) in [6, 6.07) is 10.7. The van der Waals surface area contributed by atoms with Crippen molar-refractivity contribution in [2.45, 2.75) is 19.9 Å². The van der Waals surface area contributed by atoms with E-state index in [2.05, 4.69) is 41.1 Å². The summed E-state index contributed by atoms with van der Waals surface area (Å²) in [5.74, 6) is 1.41. The molecule has 0 aliphatic carbocycles. The Morgan fingerprint density at radius 1 is 1.35 bits per heavy atom. The molecule has 0 saturated carbocycles. The highest BCUT2D eigenvalue weighted by Gasteiger charge is 2.24. The molecule has 3 heteroatoms. The molecule has 0 amide bonds. The Kier molecular flexibility index (Phi) is 3.99. The molecule has 2 heterocycles. The molecule has 0 bridgehead atoms. The number of aromatic nitrogens is 1. The average molecular weight is 269 g/mol. The van der Waals surface area contributed by atoms with Gasteiger partial charge in [0.1, 0.15) is 0 Å². The number of hydrogen-bond donors (Lipinski definition) is 1. The van der Waals surface area contributed by atoms with Crippen LogP contribution in [0.25, 0.3) is 10.9 Å². The topological polar surface area (TPSA) is 42.2 Å². The van der Waals surface area contributed by atoms with Crippen LogP contribution in [0.1, 0.15) is 18.9 Å². The SMILES string of the molecule is CC1CCN(Cc2ccc3ncccc3c2)CC1CN. The second-order valence-corrected chi connectivity index (χ2v) is 6.03. The van der Waals surface area contributed by atoms with Gasteiger partial charge in [-0.3, -0.25) is 9.88 Å². The van der Waals surface area contributed by atoms with E-state index in [1.807, 2.05) is 12.3 Å². The van der Waals surface area contributed by atoms with E-state index in [0.717, 1.165) is 31.1 Å². The van der Waals surface area contributed by atoms with E-state index in [1.165, 1.54) is 23.9 Å². The predicted octanol–water partition coefficient (Wildman–Crippen LogP) is 2.65. The molecule has 1 aliphatic rings. The van der Waals surface area contributed by atoms with E-state index in [-0.39, 0.29) is 0 Å². The van der Waals surface area contributed by atoms with Crippen molar-refractivity contribution in [3.05, 3.63) is 42.1 Å². The number of fused-ring (bicyclic) bond motifs is 1. The Hall–Kier alpha value is -1.45. The van der Waals surface area contributed by atoms with Gasteiger partial charge in [-0.15, -0.1) is 0 Å². The highest BCUT2D eigenvalue weighted by atomic mass is 15.1. The maximum atomic E-state index is 5.89. The van der Waals surface area contributed by atoms with Gasteiger partial charge >= 0.3 is 0 Å². The van der Waals surface area contributed by atoms with Crippen molar-refractivity contribution in [1.29, 1.82) is 0 Å². The fourth-order valence-corrected chi connectivity index (χ4v) is 3.16. The first-order valence-electron chi connectivity index (χ1n) is 7.52. The normalized spacial score (nSPS) is 24.1. The molecule has 1 aliphatic heterocycles. The van der Waals surface area contributed by atoms with Crippen LogP contribution in [0.2, 0.25) is 0 Å². The van der Waals surface area contributed by atoms with Gasteiger partial charge in [0.2, 0.25) is 0 Å². The zero-order valence-corrected chi connectivity index (χ0v) is 12.1. The second-order valence-electron chi connectivity index (χ2n) is 6.03. The van der Waals surface area contributed by atoms with Crippen LogP contribution < -0.4 is 5.73 Å². The molecule has 1 aromatic carbocycles. The van der Waals surface area contributed by atoms with Crippen molar-refractivity contribution in [2.24, 2.45) is 17.6 Å². The molecule has 0 spiro atoms. The number of hydrogen-bond acceptors (Lipinski definition) is 3. The van der Waals surface area contributed by atoms with E-state index >= 15 is 0 Å². The second kappa shape index (κ2) is 5.90. The van der Waals surface area contributed by atoms with Gasteiger partial charge in [0, 0.05) is 24.7 Å². The molecule has 0 radical (unpaired) electrons. The summed E-state index contributed by atoms with van der Waals surface area (Å²) < 4.78 is 0. The van der Waals surface area contributed by atoms with Gasteiger partial charge in [0.05, 0.1) is 5.52 Å². The van der Waals surface area contributed by atoms with E-state index in [0.29, 0.717) is 5.92 Å².